The Morgan fingerprint density at radius 3 is 2.69 bits per heavy atom. The highest BCUT2D eigenvalue weighted by Gasteiger charge is 2.20. The molecule has 2 N–H and O–H groups in total. The van der Waals surface area contributed by atoms with Crippen molar-refractivity contribution in [1.82, 2.24) is 15.3 Å². The lowest BCUT2D eigenvalue weighted by Crippen LogP contribution is -2.23. The standard InChI is InChI=1S/C24H21N3O4S/c1-14-20-22(28)26-19(12-15-5-3-2-4-6-15)27-24(20)32-21(14)23(29)25-13-16-7-8-17-18(11-16)31-10-9-30-17/h2-8,11H,9-10,12-13H2,1H3,(H,25,29)(H,26,27,28). The summed E-state index contributed by atoms with van der Waals surface area (Å²) in [6.45, 7) is 3.17. The highest BCUT2D eigenvalue weighted by Crippen LogP contribution is 2.31. The van der Waals surface area contributed by atoms with E-state index < -0.39 is 0 Å². The van der Waals surface area contributed by atoms with Gasteiger partial charge in [-0.05, 0) is 35.7 Å². The molecule has 0 atom stereocenters. The number of carbonyl (C=O) groups is 1. The zero-order valence-electron chi connectivity index (χ0n) is 17.4. The van der Waals surface area contributed by atoms with E-state index in [9.17, 15) is 9.59 Å². The van der Waals surface area contributed by atoms with Gasteiger partial charge in [-0.25, -0.2) is 4.98 Å². The highest BCUT2D eigenvalue weighted by atomic mass is 32.1. The van der Waals surface area contributed by atoms with Gasteiger partial charge in [-0.3, -0.25) is 9.59 Å². The summed E-state index contributed by atoms with van der Waals surface area (Å²) >= 11 is 1.24. The molecule has 1 aliphatic heterocycles. The average molecular weight is 448 g/mol. The molecule has 4 aromatic rings. The molecule has 0 radical (unpaired) electrons. The first-order valence-corrected chi connectivity index (χ1v) is 11.1. The molecule has 7 nitrogen and oxygen atoms in total. The molecule has 0 saturated carbocycles. The van der Waals surface area contributed by atoms with Crippen LogP contribution in [0.15, 0.2) is 53.3 Å². The number of benzene rings is 2. The normalized spacial score (nSPS) is 12.7. The quantitative estimate of drug-likeness (QED) is 0.488. The lowest BCUT2D eigenvalue weighted by molar-refractivity contribution is 0.0954. The van der Waals surface area contributed by atoms with Crippen LogP contribution >= 0.6 is 11.3 Å². The van der Waals surface area contributed by atoms with Crippen molar-refractivity contribution in [1.29, 1.82) is 0 Å². The molecule has 2 aromatic carbocycles. The number of ether oxygens (including phenoxy) is 2. The topological polar surface area (TPSA) is 93.3 Å². The van der Waals surface area contributed by atoms with Gasteiger partial charge in [0.15, 0.2) is 11.5 Å². The van der Waals surface area contributed by atoms with Crippen LogP contribution in [0.5, 0.6) is 11.5 Å². The van der Waals surface area contributed by atoms with Crippen molar-refractivity contribution in [3.63, 3.8) is 0 Å². The fourth-order valence-electron chi connectivity index (χ4n) is 3.74. The largest absolute Gasteiger partial charge is 0.486 e. The molecule has 0 aliphatic carbocycles. The van der Waals surface area contributed by atoms with Gasteiger partial charge in [-0.1, -0.05) is 36.4 Å². The van der Waals surface area contributed by atoms with Crippen LogP contribution < -0.4 is 20.3 Å². The SMILES string of the molecule is Cc1c(C(=O)NCc2ccc3c(c2)OCCO3)sc2nc(Cc3ccccc3)[nH]c(=O)c12. The summed E-state index contributed by atoms with van der Waals surface area (Å²) in [5.41, 5.74) is 2.38. The minimum absolute atomic E-state index is 0.222. The van der Waals surface area contributed by atoms with Gasteiger partial charge >= 0.3 is 0 Å². The number of H-pyrrole nitrogens is 1. The smallest absolute Gasteiger partial charge is 0.261 e. The van der Waals surface area contributed by atoms with Crippen LogP contribution in [0.4, 0.5) is 0 Å². The summed E-state index contributed by atoms with van der Waals surface area (Å²) in [6.07, 6.45) is 0.522. The number of rotatable bonds is 5. The summed E-state index contributed by atoms with van der Waals surface area (Å²) in [4.78, 5) is 34.1. The lowest BCUT2D eigenvalue weighted by Gasteiger charge is -2.18. The van der Waals surface area contributed by atoms with E-state index in [4.69, 9.17) is 9.47 Å². The average Bonchev–Trinajstić information content (AvgIpc) is 3.14. The van der Waals surface area contributed by atoms with Gasteiger partial charge in [0, 0.05) is 13.0 Å². The molecule has 162 valence electrons. The van der Waals surface area contributed by atoms with Gasteiger partial charge in [-0.15, -0.1) is 11.3 Å². The summed E-state index contributed by atoms with van der Waals surface area (Å²) in [5, 5.41) is 3.40. The predicted octanol–water partition coefficient (Wildman–Crippen LogP) is 3.59. The van der Waals surface area contributed by atoms with Gasteiger partial charge in [0.2, 0.25) is 0 Å². The van der Waals surface area contributed by atoms with Crippen LogP contribution in [-0.2, 0) is 13.0 Å². The van der Waals surface area contributed by atoms with Gasteiger partial charge < -0.3 is 19.8 Å². The maximum atomic E-state index is 12.9. The number of carbonyl (C=O) groups excluding carboxylic acids is 1. The molecule has 0 spiro atoms. The Labute approximate surface area is 188 Å². The maximum absolute atomic E-state index is 12.9. The van der Waals surface area contributed by atoms with Crippen LogP contribution in [-0.4, -0.2) is 29.1 Å². The predicted molar refractivity (Wildman–Crippen MR) is 123 cm³/mol. The third-order valence-corrected chi connectivity index (χ3v) is 6.51. The van der Waals surface area contributed by atoms with Gasteiger partial charge in [0.1, 0.15) is 23.9 Å². The van der Waals surface area contributed by atoms with E-state index in [0.717, 1.165) is 11.1 Å². The second-order valence-electron chi connectivity index (χ2n) is 7.57. The van der Waals surface area contributed by atoms with Crippen molar-refractivity contribution in [2.45, 2.75) is 19.9 Å². The van der Waals surface area contributed by atoms with Gasteiger partial charge in [0.25, 0.3) is 11.5 Å². The fraction of sp³-hybridized carbons (Fsp3) is 0.208. The molecule has 0 bridgehead atoms. The summed E-state index contributed by atoms with van der Waals surface area (Å²) in [6, 6.07) is 15.4. The number of nitrogens with one attached hydrogen (secondary N) is 2. The summed E-state index contributed by atoms with van der Waals surface area (Å²) in [7, 11) is 0. The second-order valence-corrected chi connectivity index (χ2v) is 8.57. The first-order valence-electron chi connectivity index (χ1n) is 10.3. The van der Waals surface area contributed by atoms with E-state index in [2.05, 4.69) is 15.3 Å². The van der Waals surface area contributed by atoms with Crippen molar-refractivity contribution in [2.24, 2.45) is 0 Å². The molecule has 5 rings (SSSR count). The first-order chi connectivity index (χ1) is 15.6. The zero-order valence-corrected chi connectivity index (χ0v) is 18.3. The highest BCUT2D eigenvalue weighted by molar-refractivity contribution is 7.20. The second kappa shape index (κ2) is 8.47. The summed E-state index contributed by atoms with van der Waals surface area (Å²) < 4.78 is 11.1. The molecular weight excluding hydrogens is 426 g/mol. The van der Waals surface area contributed by atoms with Crippen LogP contribution in [0.3, 0.4) is 0 Å². The third-order valence-electron chi connectivity index (χ3n) is 5.33. The van der Waals surface area contributed by atoms with Gasteiger partial charge in [0.05, 0.1) is 10.3 Å². The minimum atomic E-state index is -0.232. The Balaban J connectivity index is 1.36. The molecule has 2 aromatic heterocycles. The number of nitrogens with zero attached hydrogens (tertiary/aromatic N) is 1. The Hall–Kier alpha value is -3.65. The summed E-state index contributed by atoms with van der Waals surface area (Å²) in [5.74, 6) is 1.74. The number of hydrogen-bond acceptors (Lipinski definition) is 6. The molecule has 1 aliphatic rings. The van der Waals surface area contributed by atoms with Crippen molar-refractivity contribution in [2.75, 3.05) is 13.2 Å². The van der Waals surface area contributed by atoms with E-state index >= 15 is 0 Å². The van der Waals surface area contributed by atoms with Crippen molar-refractivity contribution < 1.29 is 14.3 Å². The van der Waals surface area contributed by atoms with E-state index in [1.54, 1.807) is 6.92 Å². The van der Waals surface area contributed by atoms with Crippen LogP contribution in [0.1, 0.15) is 32.2 Å². The number of amides is 1. The Morgan fingerprint density at radius 1 is 1.09 bits per heavy atom. The van der Waals surface area contributed by atoms with Crippen molar-refractivity contribution in [3.8, 4) is 11.5 Å². The Morgan fingerprint density at radius 2 is 1.88 bits per heavy atom. The van der Waals surface area contributed by atoms with E-state index in [1.165, 1.54) is 11.3 Å². The molecule has 0 unspecified atom stereocenters. The number of thiophene rings is 1. The number of hydrogen-bond donors (Lipinski definition) is 2. The molecule has 8 heteroatoms. The first kappa shape index (κ1) is 20.3. The van der Waals surface area contributed by atoms with E-state index in [-0.39, 0.29) is 11.5 Å². The van der Waals surface area contributed by atoms with Crippen LogP contribution in [0, 0.1) is 6.92 Å². The molecular formula is C24H21N3O4S. The maximum Gasteiger partial charge on any atom is 0.261 e. The molecule has 1 amide bonds. The molecule has 32 heavy (non-hydrogen) atoms. The van der Waals surface area contributed by atoms with E-state index in [1.807, 2.05) is 48.5 Å². The number of aryl methyl sites for hydroxylation is 1. The van der Waals surface area contributed by atoms with Crippen LogP contribution in [0.25, 0.3) is 10.2 Å². The van der Waals surface area contributed by atoms with Crippen molar-refractivity contribution >= 4 is 27.5 Å². The zero-order chi connectivity index (χ0) is 22.1. The Bertz CT molecular complexity index is 1360. The van der Waals surface area contributed by atoms with Crippen molar-refractivity contribution in [3.05, 3.63) is 86.3 Å². The Kier molecular flexibility index (Phi) is 5.36. The fourth-order valence-corrected chi connectivity index (χ4v) is 4.86. The number of aromatic amines is 1. The van der Waals surface area contributed by atoms with E-state index in [0.29, 0.717) is 64.2 Å². The minimum Gasteiger partial charge on any atom is -0.486 e. The lowest BCUT2D eigenvalue weighted by atomic mass is 10.1. The number of aromatic nitrogens is 2. The molecule has 3 heterocycles. The molecule has 0 saturated heterocycles. The third kappa shape index (κ3) is 3.97. The van der Waals surface area contributed by atoms with Crippen LogP contribution in [0.2, 0.25) is 0 Å². The molecule has 0 fully saturated rings. The monoisotopic (exact) mass is 447 g/mol. The number of fused-ring (bicyclic) bond motifs is 2. The van der Waals surface area contributed by atoms with Gasteiger partial charge in [-0.2, -0.15) is 0 Å².